The van der Waals surface area contributed by atoms with Gasteiger partial charge in [-0.05, 0) is 17.7 Å². The third kappa shape index (κ3) is 4.70. The minimum absolute atomic E-state index is 0.320. The van der Waals surface area contributed by atoms with Crippen molar-refractivity contribution in [3.8, 4) is 0 Å². The monoisotopic (exact) mass is 411 g/mol. The number of hydrogen-bond donors (Lipinski definition) is 0. The van der Waals surface area contributed by atoms with Crippen LogP contribution < -0.4 is 4.90 Å². The second-order valence-electron chi connectivity index (χ2n) is 6.95. The van der Waals surface area contributed by atoms with Gasteiger partial charge >= 0.3 is 0 Å². The summed E-state index contributed by atoms with van der Waals surface area (Å²) in [6, 6.07) is 2.18. The lowest BCUT2D eigenvalue weighted by Gasteiger charge is -2.34. The molecule has 0 unspecified atom stereocenters. The lowest BCUT2D eigenvalue weighted by atomic mass is 10.3. The Bertz CT molecular complexity index is 760. The van der Waals surface area contributed by atoms with Gasteiger partial charge in [0.25, 0.3) is 0 Å². The number of halogens is 1. The number of anilines is 1. The van der Waals surface area contributed by atoms with Crippen LogP contribution >= 0.6 is 22.9 Å². The average molecular weight is 412 g/mol. The third-order valence-electron chi connectivity index (χ3n) is 5.14. The summed E-state index contributed by atoms with van der Waals surface area (Å²) in [4.78, 5) is 17.5. The number of piperazine rings is 1. The molecule has 0 atom stereocenters. The van der Waals surface area contributed by atoms with Crippen LogP contribution in [-0.2, 0) is 16.0 Å². The van der Waals surface area contributed by atoms with E-state index in [1.807, 2.05) is 0 Å². The minimum atomic E-state index is 0.320. The van der Waals surface area contributed by atoms with E-state index in [0.717, 1.165) is 88.2 Å². The van der Waals surface area contributed by atoms with Crippen molar-refractivity contribution < 1.29 is 9.47 Å². The first kappa shape index (κ1) is 19.3. The fourth-order valence-corrected chi connectivity index (χ4v) is 4.94. The first-order valence-corrected chi connectivity index (χ1v) is 10.6. The van der Waals surface area contributed by atoms with Crippen LogP contribution in [0.3, 0.4) is 0 Å². The average Bonchev–Trinajstić information content (AvgIpc) is 3.09. The second kappa shape index (κ2) is 8.98. The Balaban J connectivity index is 1.46. The molecule has 2 aromatic heterocycles. The van der Waals surface area contributed by atoms with Gasteiger partial charge in [0.1, 0.15) is 0 Å². The van der Waals surface area contributed by atoms with Crippen molar-refractivity contribution in [3.05, 3.63) is 16.2 Å². The summed E-state index contributed by atoms with van der Waals surface area (Å²) < 4.78 is 11.8. The zero-order chi connectivity index (χ0) is 18.6. The molecule has 2 aromatic rings. The molecule has 4 heterocycles. The zero-order valence-corrected chi connectivity index (χ0v) is 17.3. The lowest BCUT2D eigenvalue weighted by Crippen LogP contribution is -2.46. The van der Waals surface area contributed by atoms with Crippen molar-refractivity contribution in [2.75, 3.05) is 77.6 Å². The molecule has 0 N–H and O–H groups in total. The molecule has 0 aliphatic carbocycles. The topological polar surface area (TPSA) is 54.0 Å². The molecule has 2 saturated heterocycles. The van der Waals surface area contributed by atoms with Crippen LogP contribution in [0.15, 0.2) is 6.07 Å². The number of aromatic nitrogens is 2. The molecule has 0 saturated carbocycles. The standard InChI is InChI=1S/C18H26ClN5O2S/c1-25-9-6-22-2-4-23(5-3-22)13-14-12-15-16(27-14)17(21-18(19)20-15)24-7-10-26-11-8-24/h12H,2-11,13H2,1H3. The van der Waals surface area contributed by atoms with Gasteiger partial charge in [-0.15, -0.1) is 11.3 Å². The quantitative estimate of drug-likeness (QED) is 0.673. The highest BCUT2D eigenvalue weighted by atomic mass is 35.5. The van der Waals surface area contributed by atoms with Gasteiger partial charge in [-0.3, -0.25) is 9.80 Å². The Morgan fingerprint density at radius 1 is 1.11 bits per heavy atom. The molecule has 2 fully saturated rings. The number of morpholine rings is 1. The summed E-state index contributed by atoms with van der Waals surface area (Å²) in [7, 11) is 1.76. The molecule has 2 aliphatic rings. The summed E-state index contributed by atoms with van der Waals surface area (Å²) in [5.74, 6) is 0.953. The molecule has 9 heteroatoms. The van der Waals surface area contributed by atoms with Crippen LogP contribution in [0.2, 0.25) is 5.28 Å². The molecule has 0 spiro atoms. The summed E-state index contributed by atoms with van der Waals surface area (Å²) in [6.07, 6.45) is 0. The van der Waals surface area contributed by atoms with E-state index in [-0.39, 0.29) is 0 Å². The SMILES string of the molecule is COCCN1CCN(Cc2cc3nc(Cl)nc(N4CCOCC4)c3s2)CC1. The third-order valence-corrected chi connectivity index (χ3v) is 6.42. The van der Waals surface area contributed by atoms with E-state index < -0.39 is 0 Å². The van der Waals surface area contributed by atoms with Crippen LogP contribution in [-0.4, -0.2) is 92.5 Å². The maximum absolute atomic E-state index is 6.20. The van der Waals surface area contributed by atoms with E-state index in [2.05, 4.69) is 30.7 Å². The Hall–Kier alpha value is -1.03. The van der Waals surface area contributed by atoms with E-state index in [0.29, 0.717) is 5.28 Å². The Morgan fingerprint density at radius 3 is 2.59 bits per heavy atom. The maximum Gasteiger partial charge on any atom is 0.224 e. The minimum Gasteiger partial charge on any atom is -0.383 e. The normalized spacial score (nSPS) is 19.9. The molecular weight excluding hydrogens is 386 g/mol. The first-order chi connectivity index (χ1) is 13.2. The smallest absolute Gasteiger partial charge is 0.224 e. The Morgan fingerprint density at radius 2 is 1.85 bits per heavy atom. The number of methoxy groups -OCH3 is 1. The lowest BCUT2D eigenvalue weighted by molar-refractivity contribution is 0.0943. The van der Waals surface area contributed by atoms with Crippen molar-refractivity contribution in [1.82, 2.24) is 19.8 Å². The van der Waals surface area contributed by atoms with E-state index in [1.165, 1.54) is 4.88 Å². The molecule has 0 radical (unpaired) electrons. The van der Waals surface area contributed by atoms with Gasteiger partial charge in [-0.25, -0.2) is 4.98 Å². The van der Waals surface area contributed by atoms with Gasteiger partial charge in [-0.1, -0.05) is 0 Å². The number of thiophene rings is 1. The van der Waals surface area contributed by atoms with Crippen LogP contribution in [0.5, 0.6) is 0 Å². The zero-order valence-electron chi connectivity index (χ0n) is 15.7. The molecule has 148 valence electrons. The van der Waals surface area contributed by atoms with E-state index in [4.69, 9.17) is 21.1 Å². The van der Waals surface area contributed by atoms with Crippen LogP contribution in [0.1, 0.15) is 4.88 Å². The highest BCUT2D eigenvalue weighted by Gasteiger charge is 2.21. The van der Waals surface area contributed by atoms with Gasteiger partial charge in [0.05, 0.1) is 30.0 Å². The largest absolute Gasteiger partial charge is 0.383 e. The van der Waals surface area contributed by atoms with Crippen molar-refractivity contribution in [1.29, 1.82) is 0 Å². The Kier molecular flexibility index (Phi) is 6.42. The van der Waals surface area contributed by atoms with Crippen molar-refractivity contribution in [3.63, 3.8) is 0 Å². The van der Waals surface area contributed by atoms with Gasteiger partial charge in [0.15, 0.2) is 5.82 Å². The molecule has 7 nitrogen and oxygen atoms in total. The van der Waals surface area contributed by atoms with Crippen LogP contribution in [0.25, 0.3) is 10.2 Å². The van der Waals surface area contributed by atoms with Crippen molar-refractivity contribution in [2.45, 2.75) is 6.54 Å². The van der Waals surface area contributed by atoms with E-state index in [9.17, 15) is 0 Å². The summed E-state index contributed by atoms with van der Waals surface area (Å²) in [6.45, 7) is 10.3. The molecular formula is C18H26ClN5O2S. The Labute approximate surface area is 168 Å². The molecule has 0 amide bonds. The van der Waals surface area contributed by atoms with Gasteiger partial charge in [-0.2, -0.15) is 4.98 Å². The van der Waals surface area contributed by atoms with Gasteiger partial charge < -0.3 is 14.4 Å². The van der Waals surface area contributed by atoms with Crippen LogP contribution in [0.4, 0.5) is 5.82 Å². The highest BCUT2D eigenvalue weighted by molar-refractivity contribution is 7.19. The second-order valence-corrected chi connectivity index (χ2v) is 8.43. The predicted octanol–water partition coefficient (Wildman–Crippen LogP) is 1.95. The first-order valence-electron chi connectivity index (χ1n) is 9.45. The fourth-order valence-electron chi connectivity index (χ4n) is 3.62. The summed E-state index contributed by atoms with van der Waals surface area (Å²) >= 11 is 7.99. The van der Waals surface area contributed by atoms with Gasteiger partial charge in [0, 0.05) is 64.3 Å². The number of rotatable bonds is 6. The van der Waals surface area contributed by atoms with Crippen LogP contribution in [0, 0.1) is 0 Å². The highest BCUT2D eigenvalue weighted by Crippen LogP contribution is 2.34. The number of ether oxygens (including phenoxy) is 2. The summed E-state index contributed by atoms with van der Waals surface area (Å²) in [5.41, 5.74) is 0.954. The number of fused-ring (bicyclic) bond motifs is 1. The predicted molar refractivity (Wildman–Crippen MR) is 109 cm³/mol. The fraction of sp³-hybridized carbons (Fsp3) is 0.667. The maximum atomic E-state index is 6.20. The number of nitrogens with zero attached hydrogens (tertiary/aromatic N) is 5. The molecule has 2 aliphatic heterocycles. The number of hydrogen-bond acceptors (Lipinski definition) is 8. The molecule has 0 aromatic carbocycles. The summed E-state index contributed by atoms with van der Waals surface area (Å²) in [5, 5.41) is 0.320. The molecule has 4 rings (SSSR count). The molecule has 27 heavy (non-hydrogen) atoms. The van der Waals surface area contributed by atoms with Crippen molar-refractivity contribution >= 4 is 39.0 Å². The van der Waals surface area contributed by atoms with Crippen molar-refractivity contribution in [2.24, 2.45) is 0 Å². The van der Waals surface area contributed by atoms with E-state index >= 15 is 0 Å². The van der Waals surface area contributed by atoms with Gasteiger partial charge in [0.2, 0.25) is 5.28 Å². The van der Waals surface area contributed by atoms with E-state index in [1.54, 1.807) is 18.4 Å². The molecule has 0 bridgehead atoms.